The highest BCUT2D eigenvalue weighted by Gasteiger charge is 2.24. The number of carbonyl (C=O) groups excluding carboxylic acids is 1. The van der Waals surface area contributed by atoms with Crippen LogP contribution in [0.15, 0.2) is 12.4 Å². The molecule has 2 atom stereocenters. The van der Waals surface area contributed by atoms with Crippen LogP contribution >= 0.6 is 0 Å². The number of amides is 1. The molecule has 2 rings (SSSR count). The van der Waals surface area contributed by atoms with Crippen molar-refractivity contribution >= 4 is 5.91 Å². The first kappa shape index (κ1) is 12.1. The topological polar surface area (TPSA) is 50.2 Å². The molecule has 0 radical (unpaired) electrons. The van der Waals surface area contributed by atoms with Gasteiger partial charge in [-0.05, 0) is 19.4 Å². The summed E-state index contributed by atoms with van der Waals surface area (Å²) < 4.78 is 1.73. The van der Waals surface area contributed by atoms with E-state index in [0.717, 1.165) is 18.7 Å². The van der Waals surface area contributed by atoms with Crippen LogP contribution in [0.25, 0.3) is 0 Å². The number of hydrogen-bond donors (Lipinski definition) is 1. The molecule has 1 aliphatic rings. The minimum absolute atomic E-state index is 0.193. The molecule has 0 saturated carbocycles. The summed E-state index contributed by atoms with van der Waals surface area (Å²) in [6, 6.07) is 0.744. The fourth-order valence-electron chi connectivity index (χ4n) is 2.38. The Morgan fingerprint density at radius 1 is 1.47 bits per heavy atom. The number of nitrogens with zero attached hydrogens (tertiary/aromatic N) is 3. The Morgan fingerprint density at radius 3 is 2.65 bits per heavy atom. The van der Waals surface area contributed by atoms with Gasteiger partial charge in [-0.25, -0.2) is 0 Å². The Labute approximate surface area is 102 Å². The Bertz CT molecular complexity index is 391. The highest BCUT2D eigenvalue weighted by Crippen LogP contribution is 2.07. The quantitative estimate of drug-likeness (QED) is 0.796. The van der Waals surface area contributed by atoms with Gasteiger partial charge in [0, 0.05) is 38.4 Å². The fourth-order valence-corrected chi connectivity index (χ4v) is 2.38. The van der Waals surface area contributed by atoms with Gasteiger partial charge in [-0.2, -0.15) is 5.10 Å². The van der Waals surface area contributed by atoms with Gasteiger partial charge in [0.05, 0.1) is 12.6 Å². The summed E-state index contributed by atoms with van der Waals surface area (Å²) in [5.74, 6) is 0.193. The van der Waals surface area contributed by atoms with Gasteiger partial charge in [0.2, 0.25) is 5.91 Å². The predicted molar refractivity (Wildman–Crippen MR) is 65.6 cm³/mol. The van der Waals surface area contributed by atoms with E-state index in [1.807, 2.05) is 18.1 Å². The molecule has 17 heavy (non-hydrogen) atoms. The second-order valence-corrected chi connectivity index (χ2v) is 4.97. The van der Waals surface area contributed by atoms with E-state index < -0.39 is 0 Å². The van der Waals surface area contributed by atoms with Gasteiger partial charge in [0.1, 0.15) is 0 Å². The van der Waals surface area contributed by atoms with E-state index in [2.05, 4.69) is 24.3 Å². The molecule has 2 heterocycles. The first-order valence-corrected chi connectivity index (χ1v) is 6.06. The average Bonchev–Trinajstić information content (AvgIpc) is 2.62. The number of hydrogen-bond acceptors (Lipinski definition) is 3. The van der Waals surface area contributed by atoms with E-state index in [4.69, 9.17) is 0 Å². The van der Waals surface area contributed by atoms with Crippen LogP contribution in [-0.4, -0.2) is 45.8 Å². The normalized spacial score (nSPS) is 25.0. The van der Waals surface area contributed by atoms with Crippen LogP contribution in [0, 0.1) is 0 Å². The lowest BCUT2D eigenvalue weighted by atomic mass is 10.1. The van der Waals surface area contributed by atoms with Crippen LogP contribution < -0.4 is 5.32 Å². The van der Waals surface area contributed by atoms with Crippen LogP contribution in [0.3, 0.4) is 0 Å². The molecule has 0 spiro atoms. The summed E-state index contributed by atoms with van der Waals surface area (Å²) >= 11 is 0. The maximum Gasteiger partial charge on any atom is 0.227 e. The number of aromatic nitrogens is 2. The molecule has 1 fully saturated rings. The Hall–Kier alpha value is -1.36. The van der Waals surface area contributed by atoms with Gasteiger partial charge in [0.25, 0.3) is 0 Å². The minimum Gasteiger partial charge on any atom is -0.339 e. The van der Waals surface area contributed by atoms with Crippen molar-refractivity contribution in [3.8, 4) is 0 Å². The highest BCUT2D eigenvalue weighted by atomic mass is 16.2. The van der Waals surface area contributed by atoms with Crippen LogP contribution in [-0.2, 0) is 18.3 Å². The average molecular weight is 236 g/mol. The molecular weight excluding hydrogens is 216 g/mol. The van der Waals surface area contributed by atoms with Crippen molar-refractivity contribution in [2.45, 2.75) is 32.4 Å². The van der Waals surface area contributed by atoms with Gasteiger partial charge in [-0.1, -0.05) is 0 Å². The summed E-state index contributed by atoms with van der Waals surface area (Å²) in [6.07, 6.45) is 4.10. The monoisotopic (exact) mass is 236 g/mol. The van der Waals surface area contributed by atoms with Crippen LogP contribution in [0.1, 0.15) is 19.4 Å². The molecule has 1 aromatic rings. The second-order valence-electron chi connectivity index (χ2n) is 4.97. The van der Waals surface area contributed by atoms with Gasteiger partial charge < -0.3 is 10.2 Å². The standard InChI is InChI=1S/C12H20N4O/c1-9-6-16(7-10(2)14-9)12(17)4-11-5-13-15(3)8-11/h5,8-10,14H,4,6-7H2,1-3H3. The molecular formula is C12H20N4O. The number of nitrogens with one attached hydrogen (secondary N) is 1. The molecule has 94 valence electrons. The van der Waals surface area contributed by atoms with Crippen molar-refractivity contribution in [1.82, 2.24) is 20.0 Å². The maximum atomic E-state index is 12.1. The predicted octanol–water partition coefficient (Wildman–Crippen LogP) is 0.171. The van der Waals surface area contributed by atoms with E-state index in [-0.39, 0.29) is 5.91 Å². The number of rotatable bonds is 2. The number of piperazine rings is 1. The third kappa shape index (κ3) is 3.06. The van der Waals surface area contributed by atoms with Crippen LogP contribution in [0.4, 0.5) is 0 Å². The zero-order valence-electron chi connectivity index (χ0n) is 10.7. The SMILES string of the molecule is CC1CN(C(=O)Cc2cnn(C)c2)CC(C)N1. The summed E-state index contributed by atoms with van der Waals surface area (Å²) in [4.78, 5) is 14.1. The summed E-state index contributed by atoms with van der Waals surface area (Å²) in [5.41, 5.74) is 0.983. The lowest BCUT2D eigenvalue weighted by molar-refractivity contribution is -0.132. The molecule has 0 bridgehead atoms. The Morgan fingerprint density at radius 2 is 2.12 bits per heavy atom. The lowest BCUT2D eigenvalue weighted by Gasteiger charge is -2.36. The van der Waals surface area contributed by atoms with E-state index in [1.165, 1.54) is 0 Å². The second kappa shape index (κ2) is 4.87. The Balaban J connectivity index is 1.95. The first-order valence-electron chi connectivity index (χ1n) is 6.06. The van der Waals surface area contributed by atoms with E-state index in [0.29, 0.717) is 18.5 Å². The van der Waals surface area contributed by atoms with Crippen LogP contribution in [0.2, 0.25) is 0 Å². The van der Waals surface area contributed by atoms with Crippen molar-refractivity contribution < 1.29 is 4.79 Å². The molecule has 5 heteroatoms. The molecule has 0 aromatic carbocycles. The minimum atomic E-state index is 0.193. The zero-order chi connectivity index (χ0) is 12.4. The molecule has 1 aromatic heterocycles. The van der Waals surface area contributed by atoms with Gasteiger partial charge in [-0.3, -0.25) is 9.48 Å². The number of aryl methyl sites for hydroxylation is 1. The fraction of sp³-hybridized carbons (Fsp3) is 0.667. The van der Waals surface area contributed by atoms with Gasteiger partial charge in [-0.15, -0.1) is 0 Å². The molecule has 5 nitrogen and oxygen atoms in total. The summed E-state index contributed by atoms with van der Waals surface area (Å²) in [7, 11) is 1.86. The van der Waals surface area contributed by atoms with E-state index >= 15 is 0 Å². The van der Waals surface area contributed by atoms with Crippen molar-refractivity contribution in [3.63, 3.8) is 0 Å². The van der Waals surface area contributed by atoms with E-state index in [1.54, 1.807) is 10.9 Å². The molecule has 1 N–H and O–H groups in total. The van der Waals surface area contributed by atoms with Crippen molar-refractivity contribution in [1.29, 1.82) is 0 Å². The maximum absolute atomic E-state index is 12.1. The van der Waals surface area contributed by atoms with Crippen molar-refractivity contribution in [3.05, 3.63) is 18.0 Å². The summed E-state index contributed by atoms with van der Waals surface area (Å²) in [5, 5.41) is 7.50. The third-order valence-electron chi connectivity index (χ3n) is 3.02. The molecule has 0 aliphatic carbocycles. The van der Waals surface area contributed by atoms with Crippen molar-refractivity contribution in [2.75, 3.05) is 13.1 Å². The zero-order valence-corrected chi connectivity index (χ0v) is 10.7. The molecule has 1 saturated heterocycles. The van der Waals surface area contributed by atoms with Crippen LogP contribution in [0.5, 0.6) is 0 Å². The summed E-state index contributed by atoms with van der Waals surface area (Å²) in [6.45, 7) is 5.81. The number of carbonyl (C=O) groups is 1. The van der Waals surface area contributed by atoms with Gasteiger partial charge in [0.15, 0.2) is 0 Å². The lowest BCUT2D eigenvalue weighted by Crippen LogP contribution is -2.56. The molecule has 2 unspecified atom stereocenters. The van der Waals surface area contributed by atoms with Crippen molar-refractivity contribution in [2.24, 2.45) is 7.05 Å². The largest absolute Gasteiger partial charge is 0.339 e. The highest BCUT2D eigenvalue weighted by molar-refractivity contribution is 5.78. The first-order chi connectivity index (χ1) is 8.04. The third-order valence-corrected chi connectivity index (χ3v) is 3.02. The van der Waals surface area contributed by atoms with E-state index in [9.17, 15) is 4.79 Å². The molecule has 1 amide bonds. The smallest absolute Gasteiger partial charge is 0.227 e. The Kier molecular flexibility index (Phi) is 3.47. The molecule has 1 aliphatic heterocycles. The van der Waals surface area contributed by atoms with Gasteiger partial charge >= 0.3 is 0 Å².